The molecular formula is C14H20Cl3NO. The molecule has 1 aromatic rings. The van der Waals surface area contributed by atoms with E-state index in [4.69, 9.17) is 34.8 Å². The van der Waals surface area contributed by atoms with Gasteiger partial charge in [0.05, 0.1) is 16.1 Å². The quantitative estimate of drug-likeness (QED) is 0.722. The molecule has 0 saturated carbocycles. The number of nitrogens with one attached hydrogen (secondary N) is 1. The highest BCUT2D eigenvalue weighted by Crippen LogP contribution is 2.31. The third kappa shape index (κ3) is 4.80. The van der Waals surface area contributed by atoms with Crippen molar-refractivity contribution < 1.29 is 5.11 Å². The molecule has 2 nitrogen and oxygen atoms in total. The fourth-order valence-electron chi connectivity index (χ4n) is 2.08. The Hall–Kier alpha value is 0.01000. The van der Waals surface area contributed by atoms with E-state index in [2.05, 4.69) is 19.2 Å². The molecule has 108 valence electrons. The van der Waals surface area contributed by atoms with Gasteiger partial charge in [0, 0.05) is 23.7 Å². The van der Waals surface area contributed by atoms with Crippen molar-refractivity contribution in [2.45, 2.75) is 39.3 Å². The van der Waals surface area contributed by atoms with E-state index in [0.29, 0.717) is 34.1 Å². The van der Waals surface area contributed by atoms with Gasteiger partial charge in [-0.05, 0) is 18.1 Å². The predicted octanol–water partition coefficient (Wildman–Crippen LogP) is 4.53. The van der Waals surface area contributed by atoms with Crippen LogP contribution in [-0.2, 0) is 6.54 Å². The Bertz CT molecular complexity index is 408. The lowest BCUT2D eigenvalue weighted by Crippen LogP contribution is -2.32. The Morgan fingerprint density at radius 2 is 1.68 bits per heavy atom. The molecule has 0 aliphatic carbocycles. The summed E-state index contributed by atoms with van der Waals surface area (Å²) in [5.74, 6) is 0.317. The monoisotopic (exact) mass is 323 g/mol. The molecule has 0 aromatic heterocycles. The van der Waals surface area contributed by atoms with Gasteiger partial charge in [0.15, 0.2) is 0 Å². The molecule has 0 aliphatic heterocycles. The number of rotatable bonds is 7. The first kappa shape index (κ1) is 17.1. The number of benzene rings is 1. The van der Waals surface area contributed by atoms with Crippen LogP contribution in [0.4, 0.5) is 0 Å². The summed E-state index contributed by atoms with van der Waals surface area (Å²) in [5, 5.41) is 14.8. The molecule has 0 saturated heterocycles. The standard InChI is InChI=1S/C14H20Cl3NO/c1-3-9(4-2)13(19)8-18-7-10-11(15)5-6-12(16)14(10)17/h5-6,9,13,18-19H,3-4,7-8H2,1-2H3. The van der Waals surface area contributed by atoms with E-state index in [1.807, 2.05) is 0 Å². The average Bonchev–Trinajstić information content (AvgIpc) is 2.39. The molecular weight excluding hydrogens is 305 g/mol. The zero-order chi connectivity index (χ0) is 14.4. The van der Waals surface area contributed by atoms with Crippen LogP contribution < -0.4 is 5.32 Å². The van der Waals surface area contributed by atoms with Crippen molar-refractivity contribution in [1.82, 2.24) is 5.32 Å². The van der Waals surface area contributed by atoms with Gasteiger partial charge < -0.3 is 10.4 Å². The minimum atomic E-state index is -0.355. The molecule has 0 aliphatic rings. The lowest BCUT2D eigenvalue weighted by atomic mass is 9.96. The Morgan fingerprint density at radius 3 is 2.26 bits per heavy atom. The van der Waals surface area contributed by atoms with Crippen LogP contribution in [-0.4, -0.2) is 17.8 Å². The molecule has 0 bridgehead atoms. The smallest absolute Gasteiger partial charge is 0.0692 e. The average molecular weight is 325 g/mol. The summed E-state index contributed by atoms with van der Waals surface area (Å²) in [6.07, 6.45) is 1.59. The number of aliphatic hydroxyl groups excluding tert-OH is 1. The second kappa shape index (κ2) is 8.33. The van der Waals surface area contributed by atoms with Crippen LogP contribution in [0.5, 0.6) is 0 Å². The molecule has 0 heterocycles. The van der Waals surface area contributed by atoms with Gasteiger partial charge in [-0.2, -0.15) is 0 Å². The Labute approximate surface area is 130 Å². The molecule has 1 rings (SSSR count). The number of hydrogen-bond donors (Lipinski definition) is 2. The maximum atomic E-state index is 10.0. The first-order chi connectivity index (χ1) is 9.01. The van der Waals surface area contributed by atoms with Crippen LogP contribution in [0.25, 0.3) is 0 Å². The van der Waals surface area contributed by atoms with Gasteiger partial charge in [0.1, 0.15) is 0 Å². The van der Waals surface area contributed by atoms with Crippen molar-refractivity contribution in [3.05, 3.63) is 32.8 Å². The first-order valence-corrected chi connectivity index (χ1v) is 7.65. The summed E-state index contributed by atoms with van der Waals surface area (Å²) in [6.45, 7) is 5.19. The van der Waals surface area contributed by atoms with Crippen molar-refractivity contribution in [2.75, 3.05) is 6.54 Å². The maximum absolute atomic E-state index is 10.0. The minimum absolute atomic E-state index is 0.317. The molecule has 0 radical (unpaired) electrons. The maximum Gasteiger partial charge on any atom is 0.0692 e. The van der Waals surface area contributed by atoms with Crippen LogP contribution in [0.15, 0.2) is 12.1 Å². The molecule has 1 unspecified atom stereocenters. The summed E-state index contributed by atoms with van der Waals surface area (Å²) in [5.41, 5.74) is 0.771. The van der Waals surface area contributed by atoms with Crippen molar-refractivity contribution in [1.29, 1.82) is 0 Å². The second-order valence-electron chi connectivity index (χ2n) is 4.60. The van der Waals surface area contributed by atoms with E-state index in [9.17, 15) is 5.11 Å². The van der Waals surface area contributed by atoms with Gasteiger partial charge in [-0.3, -0.25) is 0 Å². The highest BCUT2D eigenvalue weighted by Gasteiger charge is 2.15. The zero-order valence-electron chi connectivity index (χ0n) is 11.2. The largest absolute Gasteiger partial charge is 0.392 e. The van der Waals surface area contributed by atoms with Gasteiger partial charge in [-0.25, -0.2) is 0 Å². The van der Waals surface area contributed by atoms with Crippen LogP contribution in [0.2, 0.25) is 15.1 Å². The highest BCUT2D eigenvalue weighted by molar-refractivity contribution is 6.44. The Morgan fingerprint density at radius 1 is 1.11 bits per heavy atom. The third-order valence-corrected chi connectivity index (χ3v) is 4.58. The van der Waals surface area contributed by atoms with Crippen molar-refractivity contribution in [3.63, 3.8) is 0 Å². The molecule has 1 atom stereocenters. The first-order valence-electron chi connectivity index (χ1n) is 6.52. The van der Waals surface area contributed by atoms with E-state index >= 15 is 0 Å². The molecule has 19 heavy (non-hydrogen) atoms. The summed E-state index contributed by atoms with van der Waals surface area (Å²) in [7, 11) is 0. The van der Waals surface area contributed by atoms with Crippen LogP contribution in [0.1, 0.15) is 32.3 Å². The number of hydrogen-bond acceptors (Lipinski definition) is 2. The minimum Gasteiger partial charge on any atom is -0.392 e. The van der Waals surface area contributed by atoms with Crippen molar-refractivity contribution in [2.24, 2.45) is 5.92 Å². The lowest BCUT2D eigenvalue weighted by Gasteiger charge is -2.20. The molecule has 0 amide bonds. The molecule has 5 heteroatoms. The molecule has 0 spiro atoms. The summed E-state index contributed by atoms with van der Waals surface area (Å²) in [4.78, 5) is 0. The zero-order valence-corrected chi connectivity index (χ0v) is 13.5. The highest BCUT2D eigenvalue weighted by atomic mass is 35.5. The van der Waals surface area contributed by atoms with Gasteiger partial charge in [-0.15, -0.1) is 0 Å². The van der Waals surface area contributed by atoms with Crippen molar-refractivity contribution in [3.8, 4) is 0 Å². The number of halogens is 3. The van der Waals surface area contributed by atoms with Gasteiger partial charge in [0.2, 0.25) is 0 Å². The van der Waals surface area contributed by atoms with Crippen molar-refractivity contribution >= 4 is 34.8 Å². The molecule has 0 fully saturated rings. The van der Waals surface area contributed by atoms with Gasteiger partial charge >= 0.3 is 0 Å². The SMILES string of the molecule is CCC(CC)C(O)CNCc1c(Cl)ccc(Cl)c1Cl. The summed E-state index contributed by atoms with van der Waals surface area (Å²) >= 11 is 18.2. The lowest BCUT2D eigenvalue weighted by molar-refractivity contribution is 0.101. The van der Waals surface area contributed by atoms with Crippen LogP contribution in [0.3, 0.4) is 0 Å². The topological polar surface area (TPSA) is 32.3 Å². The second-order valence-corrected chi connectivity index (χ2v) is 5.79. The van der Waals surface area contributed by atoms with E-state index < -0.39 is 0 Å². The normalized spacial score (nSPS) is 13.0. The molecule has 2 N–H and O–H groups in total. The van der Waals surface area contributed by atoms with Gasteiger partial charge in [0.25, 0.3) is 0 Å². The third-order valence-electron chi connectivity index (χ3n) is 3.39. The van der Waals surface area contributed by atoms with Crippen LogP contribution in [0, 0.1) is 5.92 Å². The van der Waals surface area contributed by atoms with Gasteiger partial charge in [-0.1, -0.05) is 61.5 Å². The summed E-state index contributed by atoms with van der Waals surface area (Å²) in [6, 6.07) is 3.40. The predicted molar refractivity (Wildman–Crippen MR) is 83.3 cm³/mol. The van der Waals surface area contributed by atoms with E-state index in [-0.39, 0.29) is 6.10 Å². The summed E-state index contributed by atoms with van der Waals surface area (Å²) < 4.78 is 0. The van der Waals surface area contributed by atoms with E-state index in [1.165, 1.54) is 0 Å². The number of aliphatic hydroxyl groups is 1. The fourth-order valence-corrected chi connectivity index (χ4v) is 2.76. The molecule has 1 aromatic carbocycles. The Balaban J connectivity index is 2.56. The Kier molecular flexibility index (Phi) is 7.48. The van der Waals surface area contributed by atoms with Crippen LogP contribution >= 0.6 is 34.8 Å². The van der Waals surface area contributed by atoms with E-state index in [0.717, 1.165) is 18.4 Å². The fraction of sp³-hybridized carbons (Fsp3) is 0.571. The van der Waals surface area contributed by atoms with E-state index in [1.54, 1.807) is 12.1 Å².